The van der Waals surface area contributed by atoms with Gasteiger partial charge in [0, 0.05) is 5.69 Å². The Bertz CT molecular complexity index is 443. The summed E-state index contributed by atoms with van der Waals surface area (Å²) in [6, 6.07) is 1.36. The molecule has 1 heterocycles. The molecule has 0 fully saturated rings. The molecule has 1 aromatic rings. The Morgan fingerprint density at radius 3 is 2.69 bits per heavy atom. The van der Waals surface area contributed by atoms with E-state index in [0.717, 1.165) is 0 Å². The van der Waals surface area contributed by atoms with Gasteiger partial charge in [-0.05, 0) is 26.8 Å². The number of carbonyl (C=O) groups excluding carboxylic acids is 1. The predicted molar refractivity (Wildman–Crippen MR) is 56.3 cm³/mol. The maximum atomic E-state index is 11.5. The first-order valence-electron chi connectivity index (χ1n) is 4.77. The SMILES string of the molecule is CCOC(=O)c1cc(C)nc(C)c1[N+](=O)[O-]. The van der Waals surface area contributed by atoms with Crippen LogP contribution in [0, 0.1) is 24.0 Å². The number of hydrogen-bond donors (Lipinski definition) is 0. The van der Waals surface area contributed by atoms with E-state index in [4.69, 9.17) is 4.74 Å². The van der Waals surface area contributed by atoms with E-state index in [2.05, 4.69) is 4.98 Å². The van der Waals surface area contributed by atoms with E-state index < -0.39 is 10.9 Å². The number of aromatic nitrogens is 1. The van der Waals surface area contributed by atoms with Gasteiger partial charge < -0.3 is 4.74 Å². The molecular formula is C10H12N2O4. The van der Waals surface area contributed by atoms with Crippen LogP contribution in [0.1, 0.15) is 28.7 Å². The third kappa shape index (κ3) is 2.33. The maximum absolute atomic E-state index is 11.5. The van der Waals surface area contributed by atoms with Gasteiger partial charge in [-0.25, -0.2) is 4.79 Å². The van der Waals surface area contributed by atoms with Crippen LogP contribution in [0.3, 0.4) is 0 Å². The lowest BCUT2D eigenvalue weighted by atomic mass is 10.1. The fourth-order valence-electron chi connectivity index (χ4n) is 1.42. The second-order valence-corrected chi connectivity index (χ2v) is 3.22. The molecule has 86 valence electrons. The summed E-state index contributed by atoms with van der Waals surface area (Å²) in [5.74, 6) is -0.692. The number of aryl methyl sites for hydroxylation is 2. The smallest absolute Gasteiger partial charge is 0.345 e. The molecule has 1 rings (SSSR count). The molecular weight excluding hydrogens is 212 g/mol. The van der Waals surface area contributed by atoms with Crippen molar-refractivity contribution in [2.45, 2.75) is 20.8 Å². The van der Waals surface area contributed by atoms with Gasteiger partial charge in [-0.1, -0.05) is 0 Å². The zero-order valence-corrected chi connectivity index (χ0v) is 9.31. The minimum atomic E-state index is -0.692. The quantitative estimate of drug-likeness (QED) is 0.444. The van der Waals surface area contributed by atoms with Gasteiger partial charge in [0.05, 0.1) is 11.5 Å². The third-order valence-corrected chi connectivity index (χ3v) is 1.97. The molecule has 0 aromatic carbocycles. The van der Waals surface area contributed by atoms with Crippen molar-refractivity contribution < 1.29 is 14.5 Å². The third-order valence-electron chi connectivity index (χ3n) is 1.97. The van der Waals surface area contributed by atoms with Crippen molar-refractivity contribution in [2.75, 3.05) is 6.61 Å². The van der Waals surface area contributed by atoms with Crippen molar-refractivity contribution in [1.29, 1.82) is 0 Å². The first kappa shape index (κ1) is 12.1. The Morgan fingerprint density at radius 1 is 1.56 bits per heavy atom. The number of nitro groups is 1. The Labute approximate surface area is 92.4 Å². The van der Waals surface area contributed by atoms with Crippen LogP contribution in [0.15, 0.2) is 6.07 Å². The summed E-state index contributed by atoms with van der Waals surface area (Å²) in [7, 11) is 0. The highest BCUT2D eigenvalue weighted by Gasteiger charge is 2.25. The van der Waals surface area contributed by atoms with Gasteiger partial charge in [-0.3, -0.25) is 15.1 Å². The number of carbonyl (C=O) groups is 1. The molecule has 0 N–H and O–H groups in total. The molecule has 0 atom stereocenters. The van der Waals surface area contributed by atoms with E-state index >= 15 is 0 Å². The molecule has 1 aromatic heterocycles. The minimum absolute atomic E-state index is 0.0446. The maximum Gasteiger partial charge on any atom is 0.345 e. The first-order valence-corrected chi connectivity index (χ1v) is 4.77. The molecule has 6 heteroatoms. The zero-order chi connectivity index (χ0) is 12.3. The van der Waals surface area contributed by atoms with Crippen molar-refractivity contribution in [1.82, 2.24) is 4.98 Å². The molecule has 0 unspecified atom stereocenters. The molecule has 0 radical (unpaired) electrons. The highest BCUT2D eigenvalue weighted by Crippen LogP contribution is 2.23. The van der Waals surface area contributed by atoms with Gasteiger partial charge in [0.25, 0.3) is 0 Å². The Kier molecular flexibility index (Phi) is 3.55. The van der Waals surface area contributed by atoms with Gasteiger partial charge in [-0.15, -0.1) is 0 Å². The van der Waals surface area contributed by atoms with E-state index in [1.165, 1.54) is 13.0 Å². The van der Waals surface area contributed by atoms with E-state index in [1.807, 2.05) is 0 Å². The normalized spacial score (nSPS) is 9.94. The largest absolute Gasteiger partial charge is 0.462 e. The lowest BCUT2D eigenvalue weighted by Crippen LogP contribution is -2.10. The topological polar surface area (TPSA) is 82.3 Å². The van der Waals surface area contributed by atoms with E-state index in [-0.39, 0.29) is 23.6 Å². The average molecular weight is 224 g/mol. The number of rotatable bonds is 3. The van der Waals surface area contributed by atoms with Gasteiger partial charge in [0.1, 0.15) is 11.3 Å². The van der Waals surface area contributed by atoms with Gasteiger partial charge in [0.15, 0.2) is 0 Å². The number of esters is 1. The summed E-state index contributed by atoms with van der Waals surface area (Å²) in [6.07, 6.45) is 0. The monoisotopic (exact) mass is 224 g/mol. The summed E-state index contributed by atoms with van der Waals surface area (Å²) in [4.78, 5) is 25.7. The van der Waals surface area contributed by atoms with E-state index in [0.29, 0.717) is 5.69 Å². The predicted octanol–water partition coefficient (Wildman–Crippen LogP) is 1.78. The molecule has 0 aliphatic heterocycles. The van der Waals surface area contributed by atoms with Crippen molar-refractivity contribution >= 4 is 11.7 Å². The lowest BCUT2D eigenvalue weighted by Gasteiger charge is -2.05. The highest BCUT2D eigenvalue weighted by atomic mass is 16.6. The Morgan fingerprint density at radius 2 is 2.19 bits per heavy atom. The molecule has 0 saturated heterocycles. The van der Waals surface area contributed by atoms with Crippen molar-refractivity contribution in [3.05, 3.63) is 33.1 Å². The summed E-state index contributed by atoms with van der Waals surface area (Å²) in [5.41, 5.74) is 0.431. The zero-order valence-electron chi connectivity index (χ0n) is 9.31. The molecule has 0 amide bonds. The minimum Gasteiger partial charge on any atom is -0.462 e. The van der Waals surface area contributed by atoms with Crippen LogP contribution in [-0.4, -0.2) is 22.5 Å². The number of hydrogen-bond acceptors (Lipinski definition) is 5. The number of ether oxygens (including phenoxy) is 1. The van der Waals surface area contributed by atoms with Crippen LogP contribution in [0.25, 0.3) is 0 Å². The van der Waals surface area contributed by atoms with E-state index in [9.17, 15) is 14.9 Å². The molecule has 0 aliphatic carbocycles. The fraction of sp³-hybridized carbons (Fsp3) is 0.400. The molecule has 0 spiro atoms. The Hall–Kier alpha value is -1.98. The van der Waals surface area contributed by atoms with Crippen LogP contribution in [-0.2, 0) is 4.74 Å². The first-order chi connectivity index (χ1) is 7.47. The molecule has 0 aliphatic rings. The molecule has 16 heavy (non-hydrogen) atoms. The summed E-state index contributed by atoms with van der Waals surface area (Å²) in [6.45, 7) is 4.98. The van der Waals surface area contributed by atoms with Crippen LogP contribution >= 0.6 is 0 Å². The van der Waals surface area contributed by atoms with Gasteiger partial charge in [-0.2, -0.15) is 0 Å². The van der Waals surface area contributed by atoms with Crippen LogP contribution in [0.2, 0.25) is 0 Å². The summed E-state index contributed by atoms with van der Waals surface area (Å²) < 4.78 is 4.76. The van der Waals surface area contributed by atoms with Crippen molar-refractivity contribution in [3.8, 4) is 0 Å². The van der Waals surface area contributed by atoms with Crippen molar-refractivity contribution in [2.24, 2.45) is 0 Å². The van der Waals surface area contributed by atoms with E-state index in [1.54, 1.807) is 13.8 Å². The highest BCUT2D eigenvalue weighted by molar-refractivity contribution is 5.94. The van der Waals surface area contributed by atoms with Crippen LogP contribution in [0.4, 0.5) is 5.69 Å². The number of pyridine rings is 1. The van der Waals surface area contributed by atoms with Crippen LogP contribution < -0.4 is 0 Å². The molecule has 0 saturated carbocycles. The Balaban J connectivity index is 3.35. The van der Waals surface area contributed by atoms with Gasteiger partial charge >= 0.3 is 11.7 Å². The second-order valence-electron chi connectivity index (χ2n) is 3.22. The summed E-state index contributed by atoms with van der Waals surface area (Å²) >= 11 is 0. The van der Waals surface area contributed by atoms with Gasteiger partial charge in [0.2, 0.25) is 0 Å². The second kappa shape index (κ2) is 4.69. The molecule has 0 bridgehead atoms. The van der Waals surface area contributed by atoms with Crippen molar-refractivity contribution in [3.63, 3.8) is 0 Å². The standard InChI is InChI=1S/C10H12N2O4/c1-4-16-10(13)8-5-6(2)11-7(3)9(8)12(14)15/h5H,4H2,1-3H3. The lowest BCUT2D eigenvalue weighted by molar-refractivity contribution is -0.386. The average Bonchev–Trinajstić information content (AvgIpc) is 2.15. The molecule has 6 nitrogen and oxygen atoms in total. The number of nitrogens with zero attached hydrogens (tertiary/aromatic N) is 2. The van der Waals surface area contributed by atoms with Crippen LogP contribution in [0.5, 0.6) is 0 Å². The fourth-order valence-corrected chi connectivity index (χ4v) is 1.42. The summed E-state index contributed by atoms with van der Waals surface area (Å²) in [5, 5.41) is 10.8.